The number of carboxylic acid groups (broad SMARTS) is 1. The van der Waals surface area contributed by atoms with Crippen molar-refractivity contribution in [2.45, 2.75) is 63.5 Å². The molecule has 0 bridgehead atoms. The van der Waals surface area contributed by atoms with Crippen LogP contribution in [-0.4, -0.2) is 28.1 Å². The van der Waals surface area contributed by atoms with E-state index < -0.39 is 17.1 Å². The number of hydrogen-bond donors (Lipinski definition) is 3. The highest BCUT2D eigenvalue weighted by atomic mass is 32.2. The summed E-state index contributed by atoms with van der Waals surface area (Å²) in [6, 6.07) is 19.6. The summed E-state index contributed by atoms with van der Waals surface area (Å²) >= 11 is 2.93. The number of thioether (sulfide) groups is 1. The standard InChI is InChI=1S/C35H35N3O4S2/c1-5-28(32(40)38-33-27(19-36)24-16-15-21(35(2,3)4)17-29(24)44-33)43-23-12-8-11-22(18-23)37-31(39)25-13-6-9-20-10-7-14-26(30(20)25)34(41)42/h6-14,18,21,28H,5,15-17H2,1-4H3,(H,37,39)(H,38,40)(H,41,42). The van der Waals surface area contributed by atoms with E-state index in [0.29, 0.717) is 39.4 Å². The first kappa shape index (κ1) is 31.3. The molecular formula is C35H35N3O4S2. The van der Waals surface area contributed by atoms with Crippen molar-refractivity contribution in [2.75, 3.05) is 10.6 Å². The second-order valence-electron chi connectivity index (χ2n) is 12.1. The smallest absolute Gasteiger partial charge is 0.336 e. The van der Waals surface area contributed by atoms with Gasteiger partial charge in [-0.15, -0.1) is 23.1 Å². The summed E-state index contributed by atoms with van der Waals surface area (Å²) < 4.78 is 0. The predicted molar refractivity (Wildman–Crippen MR) is 178 cm³/mol. The van der Waals surface area contributed by atoms with Gasteiger partial charge in [-0.3, -0.25) is 9.59 Å². The minimum absolute atomic E-state index is 0.0644. The van der Waals surface area contributed by atoms with E-state index in [2.05, 4.69) is 37.5 Å². The first-order valence-corrected chi connectivity index (χ1v) is 16.4. The van der Waals surface area contributed by atoms with E-state index in [1.807, 2.05) is 13.0 Å². The van der Waals surface area contributed by atoms with E-state index in [4.69, 9.17) is 0 Å². The molecule has 7 nitrogen and oxygen atoms in total. The van der Waals surface area contributed by atoms with Gasteiger partial charge in [0.05, 0.1) is 16.4 Å². The second kappa shape index (κ2) is 12.8. The van der Waals surface area contributed by atoms with E-state index in [0.717, 1.165) is 29.7 Å². The number of anilines is 2. The van der Waals surface area contributed by atoms with E-state index in [-0.39, 0.29) is 22.4 Å². The Morgan fingerprint density at radius 3 is 2.43 bits per heavy atom. The van der Waals surface area contributed by atoms with Gasteiger partial charge in [0.2, 0.25) is 5.91 Å². The Hall–Kier alpha value is -4.13. The number of amides is 2. The fraction of sp³-hybridized carbons (Fsp3) is 0.314. The lowest BCUT2D eigenvalue weighted by Gasteiger charge is -2.33. The van der Waals surface area contributed by atoms with Gasteiger partial charge in [0.1, 0.15) is 11.1 Å². The molecule has 0 fully saturated rings. The average molecular weight is 626 g/mol. The first-order valence-electron chi connectivity index (χ1n) is 14.7. The maximum atomic E-state index is 13.5. The normalized spacial score (nSPS) is 15.2. The van der Waals surface area contributed by atoms with Gasteiger partial charge in [0.25, 0.3) is 5.91 Å². The number of nitrogens with one attached hydrogen (secondary N) is 2. The summed E-state index contributed by atoms with van der Waals surface area (Å²) in [5.74, 6) is -1.14. The first-order chi connectivity index (χ1) is 21.0. The van der Waals surface area contributed by atoms with Gasteiger partial charge in [-0.25, -0.2) is 4.79 Å². The quantitative estimate of drug-likeness (QED) is 0.169. The number of carboxylic acids is 1. The number of aromatic carboxylic acids is 1. The van der Waals surface area contributed by atoms with Gasteiger partial charge in [-0.05, 0) is 78.3 Å². The van der Waals surface area contributed by atoms with Crippen molar-refractivity contribution < 1.29 is 19.5 Å². The molecule has 2 unspecified atom stereocenters. The summed E-state index contributed by atoms with van der Waals surface area (Å²) in [6.45, 7) is 8.72. The zero-order valence-electron chi connectivity index (χ0n) is 25.2. The minimum atomic E-state index is -1.10. The van der Waals surface area contributed by atoms with Crippen molar-refractivity contribution in [1.82, 2.24) is 0 Å². The molecule has 0 aliphatic heterocycles. The van der Waals surface area contributed by atoms with Gasteiger partial charge in [-0.2, -0.15) is 5.26 Å². The van der Waals surface area contributed by atoms with E-state index >= 15 is 0 Å². The third-order valence-corrected chi connectivity index (χ3v) is 10.8. The monoisotopic (exact) mass is 625 g/mol. The highest BCUT2D eigenvalue weighted by Gasteiger charge is 2.33. The molecule has 226 valence electrons. The van der Waals surface area contributed by atoms with Gasteiger partial charge in [-0.1, -0.05) is 58.0 Å². The summed E-state index contributed by atoms with van der Waals surface area (Å²) in [5, 5.41) is 26.9. The van der Waals surface area contributed by atoms with Crippen molar-refractivity contribution >= 4 is 62.3 Å². The zero-order valence-corrected chi connectivity index (χ0v) is 26.8. The number of rotatable bonds is 8. The van der Waals surface area contributed by atoms with Crippen LogP contribution in [0.2, 0.25) is 0 Å². The molecule has 0 saturated carbocycles. The van der Waals surface area contributed by atoms with Crippen LogP contribution in [0.4, 0.5) is 10.7 Å². The number of nitriles is 1. The Balaban J connectivity index is 1.31. The van der Waals surface area contributed by atoms with Crippen LogP contribution >= 0.6 is 23.1 Å². The van der Waals surface area contributed by atoms with Crippen LogP contribution in [0, 0.1) is 22.7 Å². The van der Waals surface area contributed by atoms with Crippen LogP contribution in [0.1, 0.15) is 77.3 Å². The molecule has 0 saturated heterocycles. The maximum absolute atomic E-state index is 13.5. The Morgan fingerprint density at radius 1 is 1.07 bits per heavy atom. The van der Waals surface area contributed by atoms with Gasteiger partial charge >= 0.3 is 5.97 Å². The molecule has 1 heterocycles. The van der Waals surface area contributed by atoms with Crippen LogP contribution in [0.15, 0.2) is 65.6 Å². The van der Waals surface area contributed by atoms with Crippen LogP contribution < -0.4 is 10.6 Å². The van der Waals surface area contributed by atoms with Crippen LogP contribution in [0.3, 0.4) is 0 Å². The van der Waals surface area contributed by atoms with E-state index in [9.17, 15) is 24.8 Å². The van der Waals surface area contributed by atoms with Crippen LogP contribution in [0.5, 0.6) is 0 Å². The number of benzene rings is 3. The summed E-state index contributed by atoms with van der Waals surface area (Å²) in [7, 11) is 0. The Bertz CT molecular complexity index is 1790. The molecule has 1 aromatic heterocycles. The number of fused-ring (bicyclic) bond motifs is 2. The van der Waals surface area contributed by atoms with E-state index in [1.54, 1.807) is 48.5 Å². The Labute approximate surface area is 265 Å². The number of hydrogen-bond acceptors (Lipinski definition) is 6. The van der Waals surface area contributed by atoms with Crippen molar-refractivity contribution in [1.29, 1.82) is 5.26 Å². The lowest BCUT2D eigenvalue weighted by molar-refractivity contribution is -0.115. The molecule has 9 heteroatoms. The Morgan fingerprint density at radius 2 is 1.77 bits per heavy atom. The Kier molecular flexibility index (Phi) is 9.14. The molecule has 0 radical (unpaired) electrons. The van der Waals surface area contributed by atoms with Crippen molar-refractivity contribution in [3.8, 4) is 6.07 Å². The molecule has 0 spiro atoms. The second-order valence-corrected chi connectivity index (χ2v) is 14.5. The largest absolute Gasteiger partial charge is 0.478 e. The molecule has 44 heavy (non-hydrogen) atoms. The molecule has 1 aliphatic rings. The molecule has 2 atom stereocenters. The summed E-state index contributed by atoms with van der Waals surface area (Å²) in [5.41, 5.74) is 2.73. The molecule has 1 aliphatic carbocycles. The number of carbonyl (C=O) groups is 3. The third-order valence-electron chi connectivity index (χ3n) is 8.25. The topological polar surface area (TPSA) is 119 Å². The van der Waals surface area contributed by atoms with Crippen molar-refractivity contribution in [3.05, 3.63) is 87.8 Å². The molecule has 3 aromatic carbocycles. The van der Waals surface area contributed by atoms with Gasteiger partial charge < -0.3 is 15.7 Å². The van der Waals surface area contributed by atoms with Crippen molar-refractivity contribution in [3.63, 3.8) is 0 Å². The summed E-state index contributed by atoms with van der Waals surface area (Å²) in [4.78, 5) is 40.6. The SMILES string of the molecule is CCC(Sc1cccc(NC(=O)c2cccc3cccc(C(=O)O)c23)c1)C(=O)Nc1sc2c(c1C#N)CCC(C(C)(C)C)C2. The van der Waals surface area contributed by atoms with Crippen LogP contribution in [0.25, 0.3) is 10.8 Å². The van der Waals surface area contributed by atoms with Gasteiger partial charge in [0, 0.05) is 26.4 Å². The number of thiophene rings is 1. The zero-order chi connectivity index (χ0) is 31.6. The molecular weight excluding hydrogens is 591 g/mol. The van der Waals surface area contributed by atoms with Crippen LogP contribution in [-0.2, 0) is 17.6 Å². The fourth-order valence-electron chi connectivity index (χ4n) is 5.76. The van der Waals surface area contributed by atoms with E-state index in [1.165, 1.54) is 34.0 Å². The molecule has 3 N–H and O–H groups in total. The highest BCUT2D eigenvalue weighted by Crippen LogP contribution is 2.44. The fourth-order valence-corrected chi connectivity index (χ4v) is 8.06. The average Bonchev–Trinajstić information content (AvgIpc) is 3.34. The third kappa shape index (κ3) is 6.52. The van der Waals surface area contributed by atoms with Gasteiger partial charge in [0.15, 0.2) is 0 Å². The lowest BCUT2D eigenvalue weighted by Crippen LogP contribution is -2.26. The summed E-state index contributed by atoms with van der Waals surface area (Å²) in [6.07, 6.45) is 3.39. The number of nitrogens with zero attached hydrogens (tertiary/aromatic N) is 1. The number of carbonyl (C=O) groups excluding carboxylic acids is 2. The lowest BCUT2D eigenvalue weighted by atomic mass is 9.72. The molecule has 4 aromatic rings. The predicted octanol–water partition coefficient (Wildman–Crippen LogP) is 8.38. The molecule has 5 rings (SSSR count). The highest BCUT2D eigenvalue weighted by molar-refractivity contribution is 8.00. The molecule has 2 amide bonds. The van der Waals surface area contributed by atoms with Crippen molar-refractivity contribution in [2.24, 2.45) is 11.3 Å². The minimum Gasteiger partial charge on any atom is -0.478 e. The maximum Gasteiger partial charge on any atom is 0.336 e.